The number of ether oxygens (including phenoxy) is 1. The second kappa shape index (κ2) is 6.25. The second-order valence-electron chi connectivity index (χ2n) is 3.70. The Kier molecular flexibility index (Phi) is 5.28. The Balaban J connectivity index is 2.80. The molecule has 16 heavy (non-hydrogen) atoms. The van der Waals surface area contributed by atoms with E-state index < -0.39 is 0 Å². The third-order valence-electron chi connectivity index (χ3n) is 2.19. The van der Waals surface area contributed by atoms with E-state index in [-0.39, 0.29) is 6.04 Å². The van der Waals surface area contributed by atoms with Crippen molar-refractivity contribution >= 4 is 33.5 Å². The monoisotopic (exact) mass is 307 g/mol. The molecule has 0 saturated heterocycles. The van der Waals surface area contributed by atoms with Gasteiger partial charge in [-0.1, -0.05) is 13.8 Å². The summed E-state index contributed by atoms with van der Waals surface area (Å²) in [5.41, 5.74) is 0. The summed E-state index contributed by atoms with van der Waals surface area (Å²) in [6.07, 6.45) is 1.65. The van der Waals surface area contributed by atoms with Gasteiger partial charge < -0.3 is 10.1 Å². The summed E-state index contributed by atoms with van der Waals surface area (Å²) in [6.45, 7) is 4.19. The maximum Gasteiger partial charge on any atom is 0.232 e. The minimum Gasteiger partial charge on any atom is -0.480 e. The average Bonchev–Trinajstić information content (AvgIpc) is 2.27. The van der Waals surface area contributed by atoms with Crippen molar-refractivity contribution in [3.63, 3.8) is 0 Å². The standard InChI is InChI=1S/C10H15BrClN3O/c1-6(2)8(4-12)14-10-13-5-7(11)9(15-10)16-3/h5-6,8H,4H2,1-3H3,(H,13,14,15). The quantitative estimate of drug-likeness (QED) is 0.850. The molecule has 1 rings (SSSR count). The van der Waals surface area contributed by atoms with Crippen molar-refractivity contribution in [2.45, 2.75) is 19.9 Å². The number of nitrogens with one attached hydrogen (secondary N) is 1. The van der Waals surface area contributed by atoms with E-state index in [4.69, 9.17) is 16.3 Å². The molecule has 1 atom stereocenters. The number of hydrogen-bond acceptors (Lipinski definition) is 4. The van der Waals surface area contributed by atoms with E-state index in [1.165, 1.54) is 0 Å². The van der Waals surface area contributed by atoms with Crippen LogP contribution in [0.1, 0.15) is 13.8 Å². The molecule has 0 radical (unpaired) electrons. The van der Waals surface area contributed by atoms with Gasteiger partial charge in [-0.3, -0.25) is 0 Å². The molecule has 0 bridgehead atoms. The van der Waals surface area contributed by atoms with Gasteiger partial charge in [-0.25, -0.2) is 4.98 Å². The highest BCUT2D eigenvalue weighted by atomic mass is 79.9. The molecule has 90 valence electrons. The first-order valence-electron chi connectivity index (χ1n) is 4.97. The number of hydrogen-bond donors (Lipinski definition) is 1. The van der Waals surface area contributed by atoms with Gasteiger partial charge in [0.2, 0.25) is 11.8 Å². The smallest absolute Gasteiger partial charge is 0.232 e. The fourth-order valence-electron chi connectivity index (χ4n) is 1.11. The fraction of sp³-hybridized carbons (Fsp3) is 0.600. The molecule has 0 aromatic carbocycles. The summed E-state index contributed by atoms with van der Waals surface area (Å²) in [5, 5.41) is 3.18. The number of nitrogens with zero attached hydrogens (tertiary/aromatic N) is 2. The molecule has 6 heteroatoms. The van der Waals surface area contributed by atoms with Crippen LogP contribution in [0, 0.1) is 5.92 Å². The zero-order valence-corrected chi connectivity index (χ0v) is 11.8. The zero-order valence-electron chi connectivity index (χ0n) is 9.50. The van der Waals surface area contributed by atoms with Crippen LogP contribution in [-0.2, 0) is 0 Å². The summed E-state index contributed by atoms with van der Waals surface area (Å²) in [7, 11) is 1.57. The largest absolute Gasteiger partial charge is 0.480 e. The molecule has 1 aromatic rings. The van der Waals surface area contributed by atoms with Crippen LogP contribution in [0.5, 0.6) is 5.88 Å². The van der Waals surface area contributed by atoms with E-state index in [9.17, 15) is 0 Å². The Labute approximate surface area is 109 Å². The lowest BCUT2D eigenvalue weighted by Crippen LogP contribution is -2.28. The van der Waals surface area contributed by atoms with Crippen molar-refractivity contribution < 1.29 is 4.74 Å². The Morgan fingerprint density at radius 1 is 1.56 bits per heavy atom. The van der Waals surface area contributed by atoms with Crippen molar-refractivity contribution in [2.75, 3.05) is 18.3 Å². The third kappa shape index (κ3) is 3.49. The maximum atomic E-state index is 5.86. The van der Waals surface area contributed by atoms with E-state index in [0.29, 0.717) is 23.6 Å². The predicted octanol–water partition coefficient (Wildman–Crippen LogP) is 2.92. The number of anilines is 1. The van der Waals surface area contributed by atoms with Crippen LogP contribution >= 0.6 is 27.5 Å². The summed E-state index contributed by atoms with van der Waals surface area (Å²) >= 11 is 9.16. The lowest BCUT2D eigenvalue weighted by Gasteiger charge is -2.19. The van der Waals surface area contributed by atoms with Crippen molar-refractivity contribution in [2.24, 2.45) is 5.92 Å². The van der Waals surface area contributed by atoms with Crippen molar-refractivity contribution in [1.29, 1.82) is 0 Å². The van der Waals surface area contributed by atoms with Gasteiger partial charge in [0.1, 0.15) is 0 Å². The van der Waals surface area contributed by atoms with Gasteiger partial charge in [0, 0.05) is 11.9 Å². The Bertz CT molecular complexity index is 349. The van der Waals surface area contributed by atoms with E-state index in [2.05, 4.69) is 45.1 Å². The molecule has 1 aromatic heterocycles. The van der Waals surface area contributed by atoms with Gasteiger partial charge in [0.15, 0.2) is 0 Å². The summed E-state index contributed by atoms with van der Waals surface area (Å²) in [4.78, 5) is 8.36. The van der Waals surface area contributed by atoms with E-state index in [0.717, 1.165) is 4.47 Å². The Morgan fingerprint density at radius 2 is 2.25 bits per heavy atom. The van der Waals surface area contributed by atoms with Gasteiger partial charge >= 0.3 is 0 Å². The predicted molar refractivity (Wildman–Crippen MR) is 69.3 cm³/mol. The van der Waals surface area contributed by atoms with Crippen molar-refractivity contribution in [1.82, 2.24) is 9.97 Å². The van der Waals surface area contributed by atoms with Crippen molar-refractivity contribution in [3.8, 4) is 5.88 Å². The normalized spacial score (nSPS) is 12.6. The van der Waals surface area contributed by atoms with Crippen LogP contribution in [0.3, 0.4) is 0 Å². The minimum absolute atomic E-state index is 0.146. The maximum absolute atomic E-state index is 5.86. The summed E-state index contributed by atoms with van der Waals surface area (Å²) in [5.74, 6) is 1.96. The van der Waals surface area contributed by atoms with Gasteiger partial charge in [-0.15, -0.1) is 11.6 Å². The molecule has 0 fully saturated rings. The Hall–Kier alpha value is -0.550. The van der Waals surface area contributed by atoms with Crippen LogP contribution in [0.2, 0.25) is 0 Å². The van der Waals surface area contributed by atoms with Gasteiger partial charge in [-0.2, -0.15) is 4.98 Å². The van der Waals surface area contributed by atoms with E-state index in [1.54, 1.807) is 13.3 Å². The average molecular weight is 309 g/mol. The van der Waals surface area contributed by atoms with Gasteiger partial charge in [-0.05, 0) is 21.8 Å². The molecule has 1 unspecified atom stereocenters. The van der Waals surface area contributed by atoms with E-state index in [1.807, 2.05) is 0 Å². The SMILES string of the molecule is COc1nc(NC(CCl)C(C)C)ncc1Br. The first-order valence-corrected chi connectivity index (χ1v) is 6.30. The zero-order chi connectivity index (χ0) is 12.1. The lowest BCUT2D eigenvalue weighted by molar-refractivity contribution is 0.394. The number of aromatic nitrogens is 2. The number of methoxy groups -OCH3 is 1. The molecule has 1 N–H and O–H groups in total. The van der Waals surface area contributed by atoms with E-state index >= 15 is 0 Å². The minimum atomic E-state index is 0.146. The molecular formula is C10H15BrClN3O. The van der Waals surface area contributed by atoms with Crippen LogP contribution < -0.4 is 10.1 Å². The van der Waals surface area contributed by atoms with Crippen LogP contribution in [0.4, 0.5) is 5.95 Å². The second-order valence-corrected chi connectivity index (χ2v) is 4.86. The molecule has 0 amide bonds. The highest BCUT2D eigenvalue weighted by Gasteiger charge is 2.14. The Morgan fingerprint density at radius 3 is 2.75 bits per heavy atom. The lowest BCUT2D eigenvalue weighted by atomic mass is 10.1. The first kappa shape index (κ1) is 13.5. The molecule has 0 spiro atoms. The summed E-state index contributed by atoms with van der Waals surface area (Å²) < 4.78 is 5.82. The molecule has 4 nitrogen and oxygen atoms in total. The van der Waals surface area contributed by atoms with Crippen LogP contribution in [-0.4, -0.2) is 29.0 Å². The van der Waals surface area contributed by atoms with Crippen LogP contribution in [0.15, 0.2) is 10.7 Å². The topological polar surface area (TPSA) is 47.0 Å². The molecular weight excluding hydrogens is 293 g/mol. The fourth-order valence-corrected chi connectivity index (χ4v) is 1.90. The molecule has 0 aliphatic rings. The van der Waals surface area contributed by atoms with Gasteiger partial charge in [0.05, 0.1) is 17.8 Å². The highest BCUT2D eigenvalue weighted by molar-refractivity contribution is 9.10. The molecule has 0 saturated carbocycles. The van der Waals surface area contributed by atoms with Gasteiger partial charge in [0.25, 0.3) is 0 Å². The molecule has 1 heterocycles. The van der Waals surface area contributed by atoms with Crippen molar-refractivity contribution in [3.05, 3.63) is 10.7 Å². The van der Waals surface area contributed by atoms with Crippen LogP contribution in [0.25, 0.3) is 0 Å². The highest BCUT2D eigenvalue weighted by Crippen LogP contribution is 2.22. The first-order chi connectivity index (χ1) is 7.58. The molecule has 0 aliphatic carbocycles. The third-order valence-corrected chi connectivity index (χ3v) is 3.07. The molecule has 0 aliphatic heterocycles. The summed E-state index contributed by atoms with van der Waals surface area (Å²) in [6, 6.07) is 0.146. The number of rotatable bonds is 5. The number of alkyl halides is 1. The number of halogens is 2.